The standard InChI is InChI=1S/C17H21N5O2S/c1-25-16-13(3-2-6-20-16)17(24)21-8-4-12(5-9-21)15-19-7-10-22(15)11-14(18)23/h2-3,6-7,10,12H,4-5,8-9,11H2,1H3,(H2,18,23). The Morgan fingerprint density at radius 3 is 2.72 bits per heavy atom. The molecule has 0 radical (unpaired) electrons. The summed E-state index contributed by atoms with van der Waals surface area (Å²) in [6, 6.07) is 3.62. The molecule has 2 N–H and O–H groups in total. The molecule has 7 nitrogen and oxygen atoms in total. The molecular weight excluding hydrogens is 338 g/mol. The highest BCUT2D eigenvalue weighted by molar-refractivity contribution is 7.98. The van der Waals surface area contributed by atoms with Gasteiger partial charge in [0.15, 0.2) is 0 Å². The van der Waals surface area contributed by atoms with Crippen LogP contribution >= 0.6 is 11.8 Å². The summed E-state index contributed by atoms with van der Waals surface area (Å²) >= 11 is 1.48. The maximum absolute atomic E-state index is 12.8. The van der Waals surface area contributed by atoms with Gasteiger partial charge in [0.25, 0.3) is 5.91 Å². The second-order valence-corrected chi connectivity index (χ2v) is 6.80. The molecule has 25 heavy (non-hydrogen) atoms. The molecule has 2 amide bonds. The third kappa shape index (κ3) is 3.84. The lowest BCUT2D eigenvalue weighted by Crippen LogP contribution is -2.38. The van der Waals surface area contributed by atoms with E-state index >= 15 is 0 Å². The van der Waals surface area contributed by atoms with Crippen LogP contribution in [0.2, 0.25) is 0 Å². The highest BCUT2D eigenvalue weighted by atomic mass is 32.2. The van der Waals surface area contributed by atoms with Crippen molar-refractivity contribution < 1.29 is 9.59 Å². The average molecular weight is 359 g/mol. The molecule has 0 aromatic carbocycles. The van der Waals surface area contributed by atoms with Gasteiger partial charge in [0, 0.05) is 37.6 Å². The van der Waals surface area contributed by atoms with E-state index in [1.165, 1.54) is 11.8 Å². The summed E-state index contributed by atoms with van der Waals surface area (Å²) in [6.45, 7) is 1.46. The first-order valence-electron chi connectivity index (χ1n) is 8.17. The number of nitrogens with zero attached hydrogens (tertiary/aromatic N) is 4. The largest absolute Gasteiger partial charge is 0.368 e. The lowest BCUT2D eigenvalue weighted by atomic mass is 9.95. The fraction of sp³-hybridized carbons (Fsp3) is 0.412. The Balaban J connectivity index is 1.67. The highest BCUT2D eigenvalue weighted by Crippen LogP contribution is 2.28. The molecule has 0 saturated carbocycles. The van der Waals surface area contributed by atoms with E-state index in [1.54, 1.807) is 29.2 Å². The Hall–Kier alpha value is -2.35. The van der Waals surface area contributed by atoms with Gasteiger partial charge in [0.2, 0.25) is 5.91 Å². The van der Waals surface area contributed by atoms with Crippen molar-refractivity contribution in [1.82, 2.24) is 19.4 Å². The summed E-state index contributed by atoms with van der Waals surface area (Å²) in [4.78, 5) is 34.5. The van der Waals surface area contributed by atoms with Crippen LogP contribution in [0.5, 0.6) is 0 Å². The van der Waals surface area contributed by atoms with Gasteiger partial charge >= 0.3 is 0 Å². The minimum atomic E-state index is -0.381. The van der Waals surface area contributed by atoms with E-state index in [0.717, 1.165) is 23.7 Å². The lowest BCUT2D eigenvalue weighted by Gasteiger charge is -2.32. The average Bonchev–Trinajstić information content (AvgIpc) is 3.08. The zero-order valence-electron chi connectivity index (χ0n) is 14.1. The van der Waals surface area contributed by atoms with Gasteiger partial charge in [-0.3, -0.25) is 9.59 Å². The van der Waals surface area contributed by atoms with Crippen molar-refractivity contribution in [2.45, 2.75) is 30.3 Å². The van der Waals surface area contributed by atoms with Crippen LogP contribution in [0.1, 0.15) is 34.9 Å². The number of thioether (sulfide) groups is 1. The summed E-state index contributed by atoms with van der Waals surface area (Å²) in [5, 5.41) is 0.756. The van der Waals surface area contributed by atoms with Crippen molar-refractivity contribution in [3.63, 3.8) is 0 Å². The van der Waals surface area contributed by atoms with Crippen LogP contribution in [-0.2, 0) is 11.3 Å². The maximum atomic E-state index is 12.8. The predicted molar refractivity (Wildman–Crippen MR) is 95.3 cm³/mol. The molecule has 0 atom stereocenters. The van der Waals surface area contributed by atoms with Crippen LogP contribution in [-0.4, -0.2) is 50.6 Å². The van der Waals surface area contributed by atoms with Gasteiger partial charge in [-0.1, -0.05) is 0 Å². The Morgan fingerprint density at radius 1 is 1.28 bits per heavy atom. The van der Waals surface area contributed by atoms with Crippen LogP contribution < -0.4 is 5.73 Å². The number of carbonyl (C=O) groups is 2. The number of hydrogen-bond donors (Lipinski definition) is 1. The smallest absolute Gasteiger partial charge is 0.256 e. The molecule has 1 aliphatic rings. The molecule has 0 bridgehead atoms. The second kappa shape index (κ2) is 7.69. The molecule has 1 aliphatic heterocycles. The Labute approximate surface area is 150 Å². The SMILES string of the molecule is CSc1ncccc1C(=O)N1CCC(c2nccn2CC(N)=O)CC1. The Kier molecular flexibility index (Phi) is 5.37. The number of carbonyl (C=O) groups excluding carboxylic acids is 2. The third-order valence-corrected chi connectivity index (χ3v) is 5.13. The lowest BCUT2D eigenvalue weighted by molar-refractivity contribution is -0.118. The summed E-state index contributed by atoms with van der Waals surface area (Å²) in [5.41, 5.74) is 5.94. The minimum absolute atomic E-state index is 0.0244. The van der Waals surface area contributed by atoms with Crippen molar-refractivity contribution in [1.29, 1.82) is 0 Å². The number of likely N-dealkylation sites (tertiary alicyclic amines) is 1. The number of rotatable bonds is 5. The molecule has 2 aromatic heterocycles. The van der Waals surface area contributed by atoms with Crippen molar-refractivity contribution in [2.24, 2.45) is 5.73 Å². The van der Waals surface area contributed by atoms with Gasteiger partial charge in [0.1, 0.15) is 17.4 Å². The number of piperidine rings is 1. The van der Waals surface area contributed by atoms with Gasteiger partial charge in [-0.15, -0.1) is 11.8 Å². The normalized spacial score (nSPS) is 15.3. The van der Waals surface area contributed by atoms with Gasteiger partial charge < -0.3 is 15.2 Å². The molecule has 1 saturated heterocycles. The Bertz CT molecular complexity index is 768. The first-order valence-corrected chi connectivity index (χ1v) is 9.40. The summed E-state index contributed by atoms with van der Waals surface area (Å²) in [6.07, 6.45) is 8.72. The summed E-state index contributed by atoms with van der Waals surface area (Å²) in [7, 11) is 0. The number of nitrogens with two attached hydrogens (primary N) is 1. The van der Waals surface area contributed by atoms with Gasteiger partial charge in [-0.25, -0.2) is 9.97 Å². The van der Waals surface area contributed by atoms with Crippen LogP contribution in [0.3, 0.4) is 0 Å². The first kappa shape index (κ1) is 17.5. The van der Waals surface area contributed by atoms with Crippen LogP contribution in [0, 0.1) is 0 Å². The first-order chi connectivity index (χ1) is 12.1. The van der Waals surface area contributed by atoms with E-state index in [0.29, 0.717) is 18.7 Å². The molecule has 2 aromatic rings. The topological polar surface area (TPSA) is 94.1 Å². The van der Waals surface area contributed by atoms with Crippen LogP contribution in [0.25, 0.3) is 0 Å². The molecule has 3 heterocycles. The molecular formula is C17H21N5O2S. The number of pyridine rings is 1. The highest BCUT2D eigenvalue weighted by Gasteiger charge is 2.28. The van der Waals surface area contributed by atoms with Crippen molar-refractivity contribution in [2.75, 3.05) is 19.3 Å². The molecule has 0 spiro atoms. The molecule has 132 valence electrons. The molecule has 8 heteroatoms. The van der Waals surface area contributed by atoms with E-state index in [2.05, 4.69) is 9.97 Å². The number of primary amides is 1. The maximum Gasteiger partial charge on any atom is 0.256 e. The quantitative estimate of drug-likeness (QED) is 0.817. The summed E-state index contributed by atoms with van der Waals surface area (Å²) in [5.74, 6) is 0.744. The monoisotopic (exact) mass is 359 g/mol. The number of hydrogen-bond acceptors (Lipinski definition) is 5. The van der Waals surface area contributed by atoms with E-state index in [1.807, 2.05) is 17.2 Å². The predicted octanol–water partition coefficient (Wildman–Crippen LogP) is 1.51. The van der Waals surface area contributed by atoms with E-state index < -0.39 is 0 Å². The van der Waals surface area contributed by atoms with E-state index in [4.69, 9.17) is 5.73 Å². The number of amides is 2. The third-order valence-electron chi connectivity index (χ3n) is 4.42. The van der Waals surface area contributed by atoms with Crippen molar-refractivity contribution in [3.8, 4) is 0 Å². The second-order valence-electron chi connectivity index (χ2n) is 6.01. The number of aromatic nitrogens is 3. The molecule has 0 unspecified atom stereocenters. The van der Waals surface area contributed by atoms with E-state index in [9.17, 15) is 9.59 Å². The zero-order valence-corrected chi connectivity index (χ0v) is 14.9. The zero-order chi connectivity index (χ0) is 17.8. The molecule has 3 rings (SSSR count). The summed E-state index contributed by atoms with van der Waals surface area (Å²) < 4.78 is 1.80. The minimum Gasteiger partial charge on any atom is -0.368 e. The van der Waals surface area contributed by atoms with Gasteiger partial charge in [-0.2, -0.15) is 0 Å². The van der Waals surface area contributed by atoms with E-state index in [-0.39, 0.29) is 24.3 Å². The molecule has 0 aliphatic carbocycles. The fourth-order valence-corrected chi connectivity index (χ4v) is 3.75. The fourth-order valence-electron chi connectivity index (χ4n) is 3.21. The Morgan fingerprint density at radius 2 is 2.04 bits per heavy atom. The van der Waals surface area contributed by atoms with Gasteiger partial charge in [0.05, 0.1) is 5.56 Å². The van der Waals surface area contributed by atoms with Crippen LogP contribution in [0.15, 0.2) is 35.7 Å². The van der Waals surface area contributed by atoms with Crippen molar-refractivity contribution in [3.05, 3.63) is 42.1 Å². The van der Waals surface area contributed by atoms with Gasteiger partial charge in [-0.05, 0) is 31.2 Å². The molecule has 1 fully saturated rings. The number of imidazole rings is 1. The van der Waals surface area contributed by atoms with Crippen molar-refractivity contribution >= 4 is 23.6 Å². The van der Waals surface area contributed by atoms with Crippen LogP contribution in [0.4, 0.5) is 0 Å².